The number of H-pyrrole nitrogens is 1. The van der Waals surface area contributed by atoms with Gasteiger partial charge in [-0.15, -0.1) is 24.5 Å². The Kier molecular flexibility index (Phi) is 6.37. The summed E-state index contributed by atoms with van der Waals surface area (Å²) in [6.45, 7) is 3.09. The van der Waals surface area contributed by atoms with Gasteiger partial charge in [0.25, 0.3) is 5.91 Å². The second kappa shape index (κ2) is 9.46. The lowest BCUT2D eigenvalue weighted by molar-refractivity contribution is -0.274. The minimum atomic E-state index is -4.78. The van der Waals surface area contributed by atoms with E-state index in [2.05, 4.69) is 19.6 Å². The first kappa shape index (κ1) is 23.6. The van der Waals surface area contributed by atoms with Crippen LogP contribution in [0.5, 0.6) is 5.75 Å². The lowest BCUT2D eigenvalue weighted by Gasteiger charge is -2.25. The Hall–Kier alpha value is -3.18. The van der Waals surface area contributed by atoms with Crippen LogP contribution in [0.3, 0.4) is 0 Å². The van der Waals surface area contributed by atoms with Crippen molar-refractivity contribution in [3.05, 3.63) is 80.7 Å². The number of thiazole rings is 1. The number of amides is 1. The van der Waals surface area contributed by atoms with Gasteiger partial charge in [0.1, 0.15) is 11.4 Å². The van der Waals surface area contributed by atoms with E-state index in [1.165, 1.54) is 35.6 Å². The van der Waals surface area contributed by atoms with Gasteiger partial charge in [-0.1, -0.05) is 18.2 Å². The van der Waals surface area contributed by atoms with E-state index in [-0.39, 0.29) is 23.8 Å². The fourth-order valence-electron chi connectivity index (χ4n) is 4.98. The van der Waals surface area contributed by atoms with Gasteiger partial charge in [-0.3, -0.25) is 14.5 Å². The maximum Gasteiger partial charge on any atom is 0.573 e. The number of aromatic nitrogens is 2. The summed E-state index contributed by atoms with van der Waals surface area (Å²) < 4.78 is 41.9. The number of nitrogens with zero attached hydrogens (tertiary/aromatic N) is 3. The number of piperidine rings is 1. The lowest BCUT2D eigenvalue weighted by atomic mass is 10.1. The van der Waals surface area contributed by atoms with E-state index in [1.54, 1.807) is 27.9 Å². The van der Waals surface area contributed by atoms with E-state index in [0.717, 1.165) is 18.8 Å². The molecule has 2 aromatic heterocycles. The van der Waals surface area contributed by atoms with E-state index in [1.807, 2.05) is 6.07 Å². The van der Waals surface area contributed by atoms with Crippen LogP contribution in [0.4, 0.5) is 13.2 Å². The van der Waals surface area contributed by atoms with E-state index >= 15 is 0 Å². The first-order chi connectivity index (χ1) is 16.7. The standard InChI is InChI=1S/C24H23F3N4O3S/c25-24(26,27)34-17-5-1-3-15(7-17)8-31(23(33)21-13-35-14-28-21)12-20-18-10-30(11-19(18)20)9-16-4-2-6-22(32)29-16/h1-7,13-14,18-20H,8-12H2,(H,29,32). The van der Waals surface area contributed by atoms with Gasteiger partial charge >= 0.3 is 6.36 Å². The Labute approximate surface area is 203 Å². The van der Waals surface area contributed by atoms with Gasteiger partial charge in [0.15, 0.2) is 0 Å². The summed E-state index contributed by atoms with van der Waals surface area (Å²) in [6, 6.07) is 10.8. The summed E-state index contributed by atoms with van der Waals surface area (Å²) in [7, 11) is 0. The fraction of sp³-hybridized carbons (Fsp3) is 0.375. The highest BCUT2D eigenvalue weighted by Gasteiger charge is 2.56. The molecule has 0 radical (unpaired) electrons. The highest BCUT2D eigenvalue weighted by atomic mass is 32.1. The molecule has 1 N–H and O–H groups in total. The van der Waals surface area contributed by atoms with Crippen LogP contribution in [0.25, 0.3) is 0 Å². The number of carbonyl (C=O) groups is 1. The molecule has 184 valence electrons. The molecule has 7 nitrogen and oxygen atoms in total. The topological polar surface area (TPSA) is 78.5 Å². The molecule has 2 aliphatic rings. The number of nitrogens with one attached hydrogen (secondary N) is 1. The van der Waals surface area contributed by atoms with Gasteiger partial charge < -0.3 is 14.6 Å². The largest absolute Gasteiger partial charge is 0.573 e. The molecule has 1 saturated carbocycles. The number of fused-ring (bicyclic) bond motifs is 1. The Morgan fingerprint density at radius 1 is 1.20 bits per heavy atom. The molecule has 1 aliphatic carbocycles. The first-order valence-electron chi connectivity index (χ1n) is 11.2. The van der Waals surface area contributed by atoms with E-state index in [9.17, 15) is 22.8 Å². The molecule has 0 bridgehead atoms. The Bertz CT molecular complexity index is 1240. The minimum Gasteiger partial charge on any atom is -0.406 e. The van der Waals surface area contributed by atoms with Crippen molar-refractivity contribution in [2.24, 2.45) is 17.8 Å². The number of aromatic amines is 1. The number of carbonyl (C=O) groups excluding carboxylic acids is 1. The molecule has 35 heavy (non-hydrogen) atoms. The number of pyridine rings is 1. The molecule has 3 aromatic rings. The minimum absolute atomic E-state index is 0.120. The third kappa shape index (κ3) is 5.73. The highest BCUT2D eigenvalue weighted by Crippen LogP contribution is 2.52. The second-order valence-corrected chi connectivity index (χ2v) is 9.70. The zero-order valence-corrected chi connectivity index (χ0v) is 19.4. The summed E-state index contributed by atoms with van der Waals surface area (Å²) in [4.78, 5) is 35.6. The normalized spacial score (nSPS) is 21.5. The van der Waals surface area contributed by atoms with E-state index in [0.29, 0.717) is 42.1 Å². The van der Waals surface area contributed by atoms with Crippen LogP contribution in [0, 0.1) is 17.8 Å². The smallest absolute Gasteiger partial charge is 0.406 e. The lowest BCUT2D eigenvalue weighted by Crippen LogP contribution is -2.35. The van der Waals surface area contributed by atoms with E-state index < -0.39 is 6.36 Å². The maximum atomic E-state index is 13.2. The van der Waals surface area contributed by atoms with Crippen molar-refractivity contribution >= 4 is 17.2 Å². The molecule has 2 atom stereocenters. The third-order valence-corrected chi connectivity index (χ3v) is 7.13. The van der Waals surface area contributed by atoms with Crippen molar-refractivity contribution in [2.45, 2.75) is 19.5 Å². The van der Waals surface area contributed by atoms with Crippen molar-refractivity contribution in [3.63, 3.8) is 0 Å². The number of likely N-dealkylation sites (tertiary alicyclic amines) is 1. The van der Waals surface area contributed by atoms with Gasteiger partial charge in [-0.25, -0.2) is 4.98 Å². The van der Waals surface area contributed by atoms with Gasteiger partial charge in [-0.2, -0.15) is 0 Å². The fourth-order valence-corrected chi connectivity index (χ4v) is 5.50. The van der Waals surface area contributed by atoms with E-state index in [4.69, 9.17) is 0 Å². The summed E-state index contributed by atoms with van der Waals surface area (Å²) in [5, 5.41) is 1.68. The molecule has 0 spiro atoms. The maximum absolute atomic E-state index is 13.2. The molecule has 1 aliphatic heterocycles. The van der Waals surface area contributed by atoms with Gasteiger partial charge in [0, 0.05) is 49.9 Å². The second-order valence-electron chi connectivity index (χ2n) is 8.98. The zero-order chi connectivity index (χ0) is 24.6. The predicted octanol–water partition coefficient (Wildman–Crippen LogP) is 3.75. The Morgan fingerprint density at radius 3 is 2.66 bits per heavy atom. The predicted molar refractivity (Wildman–Crippen MR) is 123 cm³/mol. The molecule has 2 fully saturated rings. The third-order valence-electron chi connectivity index (χ3n) is 6.55. The van der Waals surface area contributed by atoms with Gasteiger partial charge in [0.05, 0.1) is 5.51 Å². The summed E-state index contributed by atoms with van der Waals surface area (Å²) >= 11 is 1.32. The Balaban J connectivity index is 1.24. The van der Waals surface area contributed by atoms with Crippen LogP contribution in [-0.4, -0.2) is 51.7 Å². The van der Waals surface area contributed by atoms with Crippen LogP contribution in [0.2, 0.25) is 0 Å². The average molecular weight is 505 g/mol. The highest BCUT2D eigenvalue weighted by molar-refractivity contribution is 7.07. The van der Waals surface area contributed by atoms with Gasteiger partial charge in [0.2, 0.25) is 5.56 Å². The number of hydrogen-bond acceptors (Lipinski definition) is 6. The Morgan fingerprint density at radius 2 is 1.97 bits per heavy atom. The van der Waals surface area contributed by atoms with Crippen LogP contribution < -0.4 is 10.3 Å². The number of ether oxygens (including phenoxy) is 1. The summed E-state index contributed by atoms with van der Waals surface area (Å²) in [5.41, 5.74) is 3.22. The number of halogens is 3. The van der Waals surface area contributed by atoms with Crippen molar-refractivity contribution in [1.82, 2.24) is 19.8 Å². The molecular formula is C24H23F3N4O3S. The molecule has 11 heteroatoms. The van der Waals surface area contributed by atoms with Crippen LogP contribution in [0.1, 0.15) is 21.7 Å². The van der Waals surface area contributed by atoms with Crippen molar-refractivity contribution in [2.75, 3.05) is 19.6 Å². The summed E-state index contributed by atoms with van der Waals surface area (Å²) in [5.74, 6) is 0.649. The van der Waals surface area contributed by atoms with Crippen molar-refractivity contribution in [1.29, 1.82) is 0 Å². The van der Waals surface area contributed by atoms with Gasteiger partial charge in [-0.05, 0) is 41.5 Å². The van der Waals surface area contributed by atoms with Crippen molar-refractivity contribution < 1.29 is 22.7 Å². The molecule has 5 rings (SSSR count). The number of alkyl halides is 3. The van der Waals surface area contributed by atoms with Crippen molar-refractivity contribution in [3.8, 4) is 5.75 Å². The SMILES string of the molecule is O=C(c1cscn1)N(Cc1cccc(OC(F)(F)F)c1)CC1C2CN(Cc3cccc(=O)[nH]3)CC21. The zero-order valence-electron chi connectivity index (χ0n) is 18.6. The summed E-state index contributed by atoms with van der Waals surface area (Å²) in [6.07, 6.45) is -4.78. The molecule has 1 saturated heterocycles. The number of benzene rings is 1. The first-order valence-corrected chi connectivity index (χ1v) is 12.1. The monoisotopic (exact) mass is 504 g/mol. The molecule has 2 unspecified atom stereocenters. The number of hydrogen-bond donors (Lipinski definition) is 1. The molecular weight excluding hydrogens is 481 g/mol. The van der Waals surface area contributed by atoms with Crippen LogP contribution in [-0.2, 0) is 13.1 Å². The quantitative estimate of drug-likeness (QED) is 0.506. The van der Waals surface area contributed by atoms with Crippen LogP contribution >= 0.6 is 11.3 Å². The molecule has 3 heterocycles. The number of rotatable bonds is 8. The average Bonchev–Trinajstić information content (AvgIpc) is 3.19. The van der Waals surface area contributed by atoms with Crippen LogP contribution in [0.15, 0.2) is 58.1 Å². The molecule has 1 aromatic carbocycles. The molecule has 1 amide bonds.